The molecule has 0 aliphatic carbocycles. The molecule has 0 aliphatic heterocycles. The molecule has 0 saturated heterocycles. The molecular weight excluding hydrogens is 238 g/mol. The van der Waals surface area contributed by atoms with E-state index in [0.717, 1.165) is 5.56 Å². The van der Waals surface area contributed by atoms with E-state index < -0.39 is 11.5 Å². The van der Waals surface area contributed by atoms with Gasteiger partial charge in [0.15, 0.2) is 0 Å². The van der Waals surface area contributed by atoms with Gasteiger partial charge in [-0.1, -0.05) is 13.8 Å². The fourth-order valence-electron chi connectivity index (χ4n) is 1.66. The molecule has 0 aliphatic rings. The lowest BCUT2D eigenvalue weighted by molar-refractivity contribution is -0.144. The molecule has 4 nitrogen and oxygen atoms in total. The van der Waals surface area contributed by atoms with Crippen LogP contribution in [0.3, 0.4) is 0 Å². The van der Waals surface area contributed by atoms with Crippen LogP contribution in [-0.4, -0.2) is 22.5 Å². The monoisotopic (exact) mass is 255 g/mol. The van der Waals surface area contributed by atoms with E-state index in [4.69, 9.17) is 0 Å². The van der Waals surface area contributed by atoms with Crippen LogP contribution in [0.25, 0.3) is 0 Å². The summed E-state index contributed by atoms with van der Waals surface area (Å²) < 4.78 is 0. The van der Waals surface area contributed by atoms with Crippen molar-refractivity contribution < 1.29 is 14.7 Å². The van der Waals surface area contributed by atoms with Crippen LogP contribution in [0, 0.1) is 6.92 Å². The Morgan fingerprint density at radius 2 is 1.94 bits per heavy atom. The number of carbonyl (C=O) groups is 2. The van der Waals surface area contributed by atoms with Crippen molar-refractivity contribution in [3.63, 3.8) is 0 Å². The molecule has 1 aromatic rings. The topological polar surface area (TPSA) is 66.4 Å². The second-order valence-electron chi connectivity index (χ2n) is 4.02. The Labute approximate surface area is 105 Å². The molecule has 5 heteroatoms. The van der Waals surface area contributed by atoms with E-state index in [-0.39, 0.29) is 5.91 Å². The standard InChI is InChI=1S/C12H17NO3S/c1-4-12(5-2,11(15)16)13-10(14)9-7-17-6-8(9)3/h6-7H,4-5H2,1-3H3,(H,13,14)(H,15,16). The molecule has 1 amide bonds. The van der Waals surface area contributed by atoms with Gasteiger partial charge in [0.2, 0.25) is 0 Å². The third-order valence-corrected chi connectivity index (χ3v) is 3.93. The Kier molecular flexibility index (Phi) is 4.28. The number of amides is 1. The average Bonchev–Trinajstić information content (AvgIpc) is 2.72. The number of thiophene rings is 1. The zero-order chi connectivity index (χ0) is 13.1. The Morgan fingerprint density at radius 1 is 1.35 bits per heavy atom. The van der Waals surface area contributed by atoms with Crippen molar-refractivity contribution in [3.8, 4) is 0 Å². The minimum absolute atomic E-state index is 0.310. The van der Waals surface area contributed by atoms with Crippen LogP contribution in [0.15, 0.2) is 10.8 Å². The van der Waals surface area contributed by atoms with Gasteiger partial charge in [-0.05, 0) is 30.7 Å². The Bertz CT molecular complexity index is 421. The molecular formula is C12H17NO3S. The largest absolute Gasteiger partial charge is 0.480 e. The summed E-state index contributed by atoms with van der Waals surface area (Å²) >= 11 is 1.44. The highest BCUT2D eigenvalue weighted by Gasteiger charge is 2.36. The average molecular weight is 255 g/mol. The highest BCUT2D eigenvalue weighted by molar-refractivity contribution is 7.08. The van der Waals surface area contributed by atoms with Gasteiger partial charge in [-0.15, -0.1) is 0 Å². The molecule has 0 saturated carbocycles. The molecule has 1 heterocycles. The van der Waals surface area contributed by atoms with Gasteiger partial charge >= 0.3 is 5.97 Å². The second kappa shape index (κ2) is 5.31. The van der Waals surface area contributed by atoms with E-state index >= 15 is 0 Å². The number of carboxylic acid groups (broad SMARTS) is 1. The lowest BCUT2D eigenvalue weighted by Crippen LogP contribution is -2.53. The summed E-state index contributed by atoms with van der Waals surface area (Å²) in [5.41, 5.74) is 0.271. The maximum absolute atomic E-state index is 12.0. The smallest absolute Gasteiger partial charge is 0.329 e. The molecule has 0 fully saturated rings. The van der Waals surface area contributed by atoms with Crippen molar-refractivity contribution >= 4 is 23.2 Å². The number of rotatable bonds is 5. The summed E-state index contributed by atoms with van der Waals surface area (Å²) in [4.78, 5) is 23.3. The Hall–Kier alpha value is -1.36. The van der Waals surface area contributed by atoms with Gasteiger partial charge in [0.1, 0.15) is 5.54 Å². The first-order valence-electron chi connectivity index (χ1n) is 5.55. The van der Waals surface area contributed by atoms with E-state index in [1.165, 1.54) is 11.3 Å². The van der Waals surface area contributed by atoms with Crippen molar-refractivity contribution in [1.82, 2.24) is 5.32 Å². The number of carboxylic acids is 1. The van der Waals surface area contributed by atoms with Crippen molar-refractivity contribution in [1.29, 1.82) is 0 Å². The van der Waals surface area contributed by atoms with Crippen LogP contribution >= 0.6 is 11.3 Å². The molecule has 0 unspecified atom stereocenters. The van der Waals surface area contributed by atoms with E-state index in [1.807, 2.05) is 12.3 Å². The van der Waals surface area contributed by atoms with Crippen molar-refractivity contribution in [2.75, 3.05) is 0 Å². The lowest BCUT2D eigenvalue weighted by atomic mass is 9.92. The number of aliphatic carboxylic acids is 1. The first kappa shape index (κ1) is 13.7. The number of carbonyl (C=O) groups excluding carboxylic acids is 1. The number of aryl methyl sites for hydroxylation is 1. The van der Waals surface area contributed by atoms with Gasteiger partial charge in [0, 0.05) is 5.38 Å². The fourth-order valence-corrected chi connectivity index (χ4v) is 2.49. The molecule has 17 heavy (non-hydrogen) atoms. The third-order valence-electron chi connectivity index (χ3n) is 3.07. The first-order valence-corrected chi connectivity index (χ1v) is 6.49. The van der Waals surface area contributed by atoms with E-state index in [2.05, 4.69) is 5.32 Å². The fraction of sp³-hybridized carbons (Fsp3) is 0.500. The number of hydrogen-bond donors (Lipinski definition) is 2. The lowest BCUT2D eigenvalue weighted by Gasteiger charge is -2.28. The van der Waals surface area contributed by atoms with Crippen LogP contribution in [0.1, 0.15) is 42.6 Å². The van der Waals surface area contributed by atoms with Crippen molar-refractivity contribution in [2.45, 2.75) is 39.2 Å². The molecule has 0 atom stereocenters. The second-order valence-corrected chi connectivity index (χ2v) is 4.76. The Morgan fingerprint density at radius 3 is 2.29 bits per heavy atom. The van der Waals surface area contributed by atoms with Crippen LogP contribution in [-0.2, 0) is 4.79 Å². The summed E-state index contributed by atoms with van der Waals surface area (Å²) in [6.07, 6.45) is 0.738. The molecule has 0 aromatic carbocycles. The zero-order valence-electron chi connectivity index (χ0n) is 10.2. The highest BCUT2D eigenvalue weighted by atomic mass is 32.1. The van der Waals surface area contributed by atoms with E-state index in [1.54, 1.807) is 19.2 Å². The van der Waals surface area contributed by atoms with Crippen LogP contribution in [0.5, 0.6) is 0 Å². The summed E-state index contributed by atoms with van der Waals surface area (Å²) in [7, 11) is 0. The van der Waals surface area contributed by atoms with Crippen LogP contribution < -0.4 is 5.32 Å². The molecule has 2 N–H and O–H groups in total. The normalized spacial score (nSPS) is 11.2. The molecule has 0 radical (unpaired) electrons. The Balaban J connectivity index is 2.93. The summed E-state index contributed by atoms with van der Waals surface area (Å²) in [6, 6.07) is 0. The maximum atomic E-state index is 12.0. The predicted molar refractivity (Wildman–Crippen MR) is 67.5 cm³/mol. The van der Waals surface area contributed by atoms with Crippen molar-refractivity contribution in [2.24, 2.45) is 0 Å². The predicted octanol–water partition coefficient (Wildman–Crippen LogP) is 2.43. The summed E-state index contributed by atoms with van der Waals surface area (Å²) in [6.45, 7) is 5.36. The molecule has 94 valence electrons. The van der Waals surface area contributed by atoms with E-state index in [9.17, 15) is 14.7 Å². The van der Waals surface area contributed by atoms with Gasteiger partial charge in [-0.25, -0.2) is 4.79 Å². The van der Waals surface area contributed by atoms with Gasteiger partial charge in [0.25, 0.3) is 5.91 Å². The summed E-state index contributed by atoms with van der Waals surface area (Å²) in [5.74, 6) is -1.29. The SMILES string of the molecule is CCC(CC)(NC(=O)c1cscc1C)C(=O)O. The van der Waals surface area contributed by atoms with Crippen LogP contribution in [0.2, 0.25) is 0 Å². The highest BCUT2D eigenvalue weighted by Crippen LogP contribution is 2.19. The minimum atomic E-state index is -1.16. The molecule has 1 aromatic heterocycles. The number of hydrogen-bond acceptors (Lipinski definition) is 3. The van der Waals surface area contributed by atoms with E-state index in [0.29, 0.717) is 18.4 Å². The molecule has 0 spiro atoms. The van der Waals surface area contributed by atoms with Crippen molar-refractivity contribution in [3.05, 3.63) is 21.9 Å². The number of nitrogens with one attached hydrogen (secondary N) is 1. The first-order chi connectivity index (χ1) is 7.96. The quantitative estimate of drug-likeness (QED) is 0.849. The van der Waals surface area contributed by atoms with Gasteiger partial charge < -0.3 is 10.4 Å². The van der Waals surface area contributed by atoms with Gasteiger partial charge in [-0.2, -0.15) is 11.3 Å². The molecule has 1 rings (SSSR count). The minimum Gasteiger partial charge on any atom is -0.480 e. The van der Waals surface area contributed by atoms with Gasteiger partial charge in [0.05, 0.1) is 5.56 Å². The van der Waals surface area contributed by atoms with Crippen LogP contribution in [0.4, 0.5) is 0 Å². The van der Waals surface area contributed by atoms with Gasteiger partial charge in [-0.3, -0.25) is 4.79 Å². The third kappa shape index (κ3) is 2.66. The molecule has 0 bridgehead atoms. The summed E-state index contributed by atoms with van der Waals surface area (Å²) in [5, 5.41) is 15.5. The maximum Gasteiger partial charge on any atom is 0.329 e. The zero-order valence-corrected chi connectivity index (χ0v) is 11.1.